The Bertz CT molecular complexity index is 330. The number of hydrogen-bond donors (Lipinski definition) is 2. The highest BCUT2D eigenvalue weighted by molar-refractivity contribution is 14.0. The van der Waals surface area contributed by atoms with Gasteiger partial charge in [-0.05, 0) is 19.3 Å². The maximum Gasteiger partial charge on any atom is 0.221 e. The molecule has 0 saturated heterocycles. The van der Waals surface area contributed by atoms with Gasteiger partial charge in [0.15, 0.2) is 5.96 Å². The number of nitrogens with zero attached hydrogens (tertiary/aromatic N) is 2. The van der Waals surface area contributed by atoms with Gasteiger partial charge in [-0.3, -0.25) is 9.79 Å². The van der Waals surface area contributed by atoms with Crippen LogP contribution in [0.4, 0.5) is 0 Å². The Hall–Kier alpha value is -0.530. The molecule has 0 aromatic rings. The average molecular weight is 424 g/mol. The van der Waals surface area contributed by atoms with Gasteiger partial charge in [-0.2, -0.15) is 0 Å². The number of aliphatic imine (C=N–C) groups is 1. The molecule has 0 aliphatic heterocycles. The number of guanidine groups is 1. The van der Waals surface area contributed by atoms with E-state index in [-0.39, 0.29) is 29.9 Å². The van der Waals surface area contributed by atoms with Crippen molar-refractivity contribution in [3.8, 4) is 0 Å². The minimum Gasteiger partial charge on any atom is -0.356 e. The highest BCUT2D eigenvalue weighted by Gasteiger charge is 2.15. The van der Waals surface area contributed by atoms with Crippen LogP contribution in [-0.2, 0) is 4.79 Å². The maximum absolute atomic E-state index is 11.9. The second-order valence-corrected chi connectivity index (χ2v) is 5.90. The van der Waals surface area contributed by atoms with E-state index < -0.39 is 0 Å². The van der Waals surface area contributed by atoms with Crippen LogP contribution >= 0.6 is 24.0 Å². The zero-order valence-corrected chi connectivity index (χ0v) is 16.7. The van der Waals surface area contributed by atoms with E-state index in [1.807, 2.05) is 7.05 Å². The Balaban J connectivity index is 0.00000441. The Morgan fingerprint density at radius 1 is 1.27 bits per heavy atom. The smallest absolute Gasteiger partial charge is 0.221 e. The molecule has 0 aromatic heterocycles. The Kier molecular flexibility index (Phi) is 12.6. The van der Waals surface area contributed by atoms with Gasteiger partial charge in [0.05, 0.1) is 0 Å². The van der Waals surface area contributed by atoms with Crippen molar-refractivity contribution in [3.05, 3.63) is 0 Å². The lowest BCUT2D eigenvalue weighted by Crippen LogP contribution is -2.42. The van der Waals surface area contributed by atoms with Crippen LogP contribution in [-0.4, -0.2) is 50.0 Å². The van der Waals surface area contributed by atoms with Gasteiger partial charge in [0, 0.05) is 39.6 Å². The lowest BCUT2D eigenvalue weighted by molar-refractivity contribution is -0.121. The minimum absolute atomic E-state index is 0. The number of amides is 1. The molecule has 0 heterocycles. The number of hydrogen-bond acceptors (Lipinski definition) is 2. The first kappa shape index (κ1) is 21.5. The summed E-state index contributed by atoms with van der Waals surface area (Å²) in [5.41, 5.74) is 0. The number of nitrogens with one attached hydrogen (secondary N) is 2. The summed E-state index contributed by atoms with van der Waals surface area (Å²) >= 11 is 0. The van der Waals surface area contributed by atoms with Crippen molar-refractivity contribution in [1.29, 1.82) is 0 Å². The van der Waals surface area contributed by atoms with E-state index in [1.165, 1.54) is 25.7 Å². The van der Waals surface area contributed by atoms with E-state index >= 15 is 0 Å². The zero-order chi connectivity index (χ0) is 15.5. The van der Waals surface area contributed by atoms with Gasteiger partial charge in [0.25, 0.3) is 0 Å². The van der Waals surface area contributed by atoms with Gasteiger partial charge >= 0.3 is 0 Å². The molecule has 130 valence electrons. The van der Waals surface area contributed by atoms with Crippen LogP contribution in [0.5, 0.6) is 0 Å². The van der Waals surface area contributed by atoms with E-state index in [2.05, 4.69) is 27.4 Å². The molecule has 1 rings (SSSR count). The molecule has 1 saturated carbocycles. The topological polar surface area (TPSA) is 56.7 Å². The van der Waals surface area contributed by atoms with Crippen molar-refractivity contribution in [1.82, 2.24) is 15.5 Å². The van der Waals surface area contributed by atoms with Crippen molar-refractivity contribution in [2.24, 2.45) is 4.99 Å². The molecule has 1 fully saturated rings. The van der Waals surface area contributed by atoms with Gasteiger partial charge in [0.1, 0.15) is 0 Å². The highest BCUT2D eigenvalue weighted by atomic mass is 127. The summed E-state index contributed by atoms with van der Waals surface area (Å²) < 4.78 is 0. The third kappa shape index (κ3) is 8.80. The molecule has 0 bridgehead atoms. The van der Waals surface area contributed by atoms with Gasteiger partial charge in [-0.15, -0.1) is 24.0 Å². The van der Waals surface area contributed by atoms with Crippen LogP contribution in [0.1, 0.15) is 58.3 Å². The van der Waals surface area contributed by atoms with Crippen molar-refractivity contribution >= 4 is 35.8 Å². The number of carbonyl (C=O) groups excluding carboxylic acids is 1. The normalized spacial score (nSPS) is 15.9. The van der Waals surface area contributed by atoms with Gasteiger partial charge in [0.2, 0.25) is 5.91 Å². The number of halogens is 1. The van der Waals surface area contributed by atoms with Crippen molar-refractivity contribution < 1.29 is 4.79 Å². The molecule has 1 aliphatic rings. The summed E-state index contributed by atoms with van der Waals surface area (Å²) in [7, 11) is 3.82. The van der Waals surface area contributed by atoms with Crippen LogP contribution in [0.3, 0.4) is 0 Å². The van der Waals surface area contributed by atoms with Gasteiger partial charge in [-0.25, -0.2) is 0 Å². The second kappa shape index (κ2) is 13.0. The highest BCUT2D eigenvalue weighted by Crippen LogP contribution is 2.17. The van der Waals surface area contributed by atoms with E-state index in [0.717, 1.165) is 31.8 Å². The van der Waals surface area contributed by atoms with Gasteiger partial charge < -0.3 is 15.5 Å². The van der Waals surface area contributed by atoms with Crippen LogP contribution < -0.4 is 10.6 Å². The Labute approximate surface area is 152 Å². The molecular weight excluding hydrogens is 391 g/mol. The SMILES string of the molecule is CCCCN(C)C(=NC)NCCC(=O)NC1CCCCC1.I. The predicted octanol–water partition coefficient (Wildman–Crippen LogP) is 2.75. The van der Waals surface area contributed by atoms with E-state index in [1.54, 1.807) is 7.05 Å². The van der Waals surface area contributed by atoms with Crippen LogP contribution in [0.2, 0.25) is 0 Å². The minimum atomic E-state index is 0. The fraction of sp³-hybridized carbons (Fsp3) is 0.875. The van der Waals surface area contributed by atoms with E-state index in [9.17, 15) is 4.79 Å². The van der Waals surface area contributed by atoms with Crippen molar-refractivity contribution in [2.45, 2.75) is 64.3 Å². The molecule has 0 atom stereocenters. The first-order chi connectivity index (χ1) is 10.2. The second-order valence-electron chi connectivity index (χ2n) is 5.90. The zero-order valence-electron chi connectivity index (χ0n) is 14.4. The van der Waals surface area contributed by atoms with E-state index in [4.69, 9.17) is 0 Å². The Morgan fingerprint density at radius 2 is 1.95 bits per heavy atom. The van der Waals surface area contributed by atoms with Crippen molar-refractivity contribution in [2.75, 3.05) is 27.2 Å². The summed E-state index contributed by atoms with van der Waals surface area (Å²) in [5, 5.41) is 6.40. The first-order valence-electron chi connectivity index (χ1n) is 8.38. The summed E-state index contributed by atoms with van der Waals surface area (Å²) in [6.45, 7) is 3.81. The van der Waals surface area contributed by atoms with Gasteiger partial charge in [-0.1, -0.05) is 32.6 Å². The van der Waals surface area contributed by atoms with Crippen LogP contribution in [0.25, 0.3) is 0 Å². The third-order valence-electron chi connectivity index (χ3n) is 4.03. The third-order valence-corrected chi connectivity index (χ3v) is 4.03. The summed E-state index contributed by atoms with van der Waals surface area (Å²) in [6.07, 6.45) is 8.92. The van der Waals surface area contributed by atoms with Crippen molar-refractivity contribution in [3.63, 3.8) is 0 Å². The molecule has 1 amide bonds. The van der Waals surface area contributed by atoms with E-state index in [0.29, 0.717) is 19.0 Å². The monoisotopic (exact) mass is 424 g/mol. The molecule has 0 spiro atoms. The maximum atomic E-state index is 11.9. The summed E-state index contributed by atoms with van der Waals surface area (Å²) in [6, 6.07) is 0.401. The lowest BCUT2D eigenvalue weighted by atomic mass is 9.95. The summed E-state index contributed by atoms with van der Waals surface area (Å²) in [5.74, 6) is 1.02. The van der Waals surface area contributed by atoms with Crippen LogP contribution in [0, 0.1) is 0 Å². The lowest BCUT2D eigenvalue weighted by Gasteiger charge is -2.24. The number of rotatable bonds is 7. The standard InChI is InChI=1S/C16H32N4O.HI/c1-4-5-13-20(3)16(17-2)18-12-11-15(21)19-14-9-7-6-8-10-14;/h14H,4-13H2,1-3H3,(H,17,18)(H,19,21);1H. The number of unbranched alkanes of at least 4 members (excludes halogenated alkanes) is 1. The molecule has 2 N–H and O–H groups in total. The molecule has 0 radical (unpaired) electrons. The molecule has 5 nitrogen and oxygen atoms in total. The molecular formula is C16H33IN4O. The largest absolute Gasteiger partial charge is 0.356 e. The fourth-order valence-corrected chi connectivity index (χ4v) is 2.72. The molecule has 0 aromatic carbocycles. The number of carbonyl (C=O) groups is 1. The van der Waals surface area contributed by atoms with Crippen LogP contribution in [0.15, 0.2) is 4.99 Å². The molecule has 0 unspecified atom stereocenters. The quantitative estimate of drug-likeness (QED) is 0.376. The molecule has 6 heteroatoms. The predicted molar refractivity (Wildman–Crippen MR) is 104 cm³/mol. The Morgan fingerprint density at radius 3 is 2.55 bits per heavy atom. The average Bonchev–Trinajstić information content (AvgIpc) is 2.50. The first-order valence-corrected chi connectivity index (χ1v) is 8.38. The molecule has 22 heavy (non-hydrogen) atoms. The molecule has 1 aliphatic carbocycles. The summed E-state index contributed by atoms with van der Waals surface area (Å²) in [4.78, 5) is 18.3. The fourth-order valence-electron chi connectivity index (χ4n) is 2.72.